The highest BCUT2D eigenvalue weighted by Gasteiger charge is 2.32. The van der Waals surface area contributed by atoms with Gasteiger partial charge in [-0.2, -0.15) is 18.4 Å². The van der Waals surface area contributed by atoms with Crippen LogP contribution in [-0.2, 0) is 6.18 Å². The molecule has 0 saturated heterocycles. The van der Waals surface area contributed by atoms with Gasteiger partial charge in [-0.15, -0.1) is 10.2 Å². The maximum Gasteiger partial charge on any atom is 0.417 e. The zero-order valence-corrected chi connectivity index (χ0v) is 10.1. The Labute approximate surface area is 108 Å². The first-order chi connectivity index (χ1) is 8.43. The van der Waals surface area contributed by atoms with E-state index in [1.807, 2.05) is 6.07 Å². The van der Waals surface area contributed by atoms with Crippen LogP contribution in [0.3, 0.4) is 0 Å². The molecule has 2 heterocycles. The third kappa shape index (κ3) is 2.37. The van der Waals surface area contributed by atoms with Gasteiger partial charge in [0.25, 0.3) is 0 Å². The second kappa shape index (κ2) is 4.66. The number of hydrogen-bond donors (Lipinski definition) is 0. The molecular formula is C9H4ClF3N4S. The van der Waals surface area contributed by atoms with Gasteiger partial charge in [0.05, 0.1) is 22.4 Å². The molecule has 9 heteroatoms. The van der Waals surface area contributed by atoms with Crippen molar-refractivity contribution in [1.82, 2.24) is 14.6 Å². The van der Waals surface area contributed by atoms with Gasteiger partial charge in [-0.25, -0.2) is 0 Å². The summed E-state index contributed by atoms with van der Waals surface area (Å²) >= 11 is 6.70. The van der Waals surface area contributed by atoms with E-state index in [9.17, 15) is 13.2 Å². The van der Waals surface area contributed by atoms with E-state index >= 15 is 0 Å². The average Bonchev–Trinajstić information content (AvgIpc) is 2.69. The Balaban J connectivity index is 2.58. The fourth-order valence-corrected chi connectivity index (χ4v) is 2.10. The molecule has 0 aliphatic rings. The normalized spacial score (nSPS) is 11.7. The van der Waals surface area contributed by atoms with Crippen LogP contribution >= 0.6 is 23.4 Å². The first-order valence-corrected chi connectivity index (χ1v) is 5.91. The molecule has 94 valence electrons. The van der Waals surface area contributed by atoms with Crippen molar-refractivity contribution < 1.29 is 13.2 Å². The van der Waals surface area contributed by atoms with Gasteiger partial charge in [0, 0.05) is 6.20 Å². The lowest BCUT2D eigenvalue weighted by Gasteiger charge is -2.08. The molecule has 0 N–H and O–H groups in total. The largest absolute Gasteiger partial charge is 0.417 e. The maximum absolute atomic E-state index is 12.6. The smallest absolute Gasteiger partial charge is 0.276 e. The van der Waals surface area contributed by atoms with Crippen LogP contribution in [-0.4, -0.2) is 20.4 Å². The Morgan fingerprint density at radius 2 is 2.17 bits per heavy atom. The molecule has 0 aliphatic carbocycles. The summed E-state index contributed by atoms with van der Waals surface area (Å²) in [6.07, 6.45) is -3.64. The minimum Gasteiger partial charge on any atom is -0.276 e. The number of nitrogens with zero attached hydrogens (tertiary/aromatic N) is 4. The van der Waals surface area contributed by atoms with Crippen molar-refractivity contribution in [1.29, 1.82) is 5.26 Å². The molecule has 0 fully saturated rings. The first kappa shape index (κ1) is 13.0. The monoisotopic (exact) mass is 292 g/mol. The van der Waals surface area contributed by atoms with Gasteiger partial charge in [-0.1, -0.05) is 23.4 Å². The van der Waals surface area contributed by atoms with Crippen LogP contribution < -0.4 is 0 Å². The second-order valence-corrected chi connectivity index (χ2v) is 4.55. The minimum atomic E-state index is -4.50. The highest BCUT2D eigenvalue weighted by molar-refractivity contribution is 7.99. The van der Waals surface area contributed by atoms with Crippen molar-refractivity contribution in [3.8, 4) is 6.07 Å². The van der Waals surface area contributed by atoms with Gasteiger partial charge in [-0.3, -0.25) is 4.40 Å². The first-order valence-electron chi connectivity index (χ1n) is 4.54. The summed E-state index contributed by atoms with van der Waals surface area (Å²) < 4.78 is 39.0. The highest BCUT2D eigenvalue weighted by atomic mass is 35.5. The van der Waals surface area contributed by atoms with Gasteiger partial charge in [0.1, 0.15) is 0 Å². The van der Waals surface area contributed by atoms with Crippen molar-refractivity contribution in [3.63, 3.8) is 0 Å². The Bertz CT molecular complexity index is 631. The molecule has 0 aromatic carbocycles. The summed E-state index contributed by atoms with van der Waals surface area (Å²) in [5.74, 6) is 0.0641. The van der Waals surface area contributed by atoms with Crippen molar-refractivity contribution in [3.05, 3.63) is 22.8 Å². The standard InChI is InChI=1S/C9H4ClF3N4S/c10-6-3-5(9(11,12)13)4-17-7(6)15-16-8(17)18-2-1-14/h3-4H,2H2. The molecular weight excluding hydrogens is 289 g/mol. The fraction of sp³-hybridized carbons (Fsp3) is 0.222. The van der Waals surface area contributed by atoms with Crippen LogP contribution in [0, 0.1) is 11.3 Å². The molecule has 2 rings (SSSR count). The van der Waals surface area contributed by atoms with E-state index in [1.54, 1.807) is 0 Å². The molecule has 0 unspecified atom stereocenters. The summed E-state index contributed by atoms with van der Waals surface area (Å²) in [5.41, 5.74) is -0.760. The quantitative estimate of drug-likeness (QED) is 0.798. The predicted octanol–water partition coefficient (Wildman–Crippen LogP) is 3.02. The molecule has 0 radical (unpaired) electrons. The Morgan fingerprint density at radius 3 is 2.78 bits per heavy atom. The van der Waals surface area contributed by atoms with Gasteiger partial charge >= 0.3 is 6.18 Å². The predicted molar refractivity (Wildman–Crippen MR) is 59.3 cm³/mol. The van der Waals surface area contributed by atoms with Crippen LogP contribution in [0.4, 0.5) is 13.2 Å². The van der Waals surface area contributed by atoms with E-state index in [-0.39, 0.29) is 21.6 Å². The maximum atomic E-state index is 12.6. The molecule has 18 heavy (non-hydrogen) atoms. The van der Waals surface area contributed by atoms with Crippen LogP contribution in [0.5, 0.6) is 0 Å². The fourth-order valence-electron chi connectivity index (χ4n) is 1.28. The molecule has 0 spiro atoms. The summed E-state index contributed by atoms with van der Waals surface area (Å²) in [7, 11) is 0. The van der Waals surface area contributed by atoms with E-state index in [0.717, 1.165) is 28.4 Å². The molecule has 0 atom stereocenters. The van der Waals surface area contributed by atoms with Crippen molar-refractivity contribution >= 4 is 29.0 Å². The molecule has 2 aromatic rings. The number of nitriles is 1. The van der Waals surface area contributed by atoms with E-state index in [1.165, 1.54) is 0 Å². The number of aromatic nitrogens is 3. The zero-order chi connectivity index (χ0) is 13.3. The van der Waals surface area contributed by atoms with Gasteiger partial charge < -0.3 is 0 Å². The van der Waals surface area contributed by atoms with E-state index < -0.39 is 11.7 Å². The number of pyridine rings is 1. The second-order valence-electron chi connectivity index (χ2n) is 3.20. The lowest BCUT2D eigenvalue weighted by molar-refractivity contribution is -0.137. The van der Waals surface area contributed by atoms with E-state index in [2.05, 4.69) is 10.2 Å². The Kier molecular flexibility index (Phi) is 3.36. The molecule has 0 saturated carbocycles. The van der Waals surface area contributed by atoms with Gasteiger partial charge in [-0.05, 0) is 6.07 Å². The Morgan fingerprint density at radius 1 is 1.44 bits per heavy atom. The summed E-state index contributed by atoms with van der Waals surface area (Å²) in [4.78, 5) is 0. The molecule has 0 aliphatic heterocycles. The SMILES string of the molecule is N#CCSc1nnc2c(Cl)cc(C(F)(F)F)cn12. The number of thioether (sulfide) groups is 1. The van der Waals surface area contributed by atoms with Gasteiger partial charge in [0.2, 0.25) is 0 Å². The number of halogens is 4. The highest BCUT2D eigenvalue weighted by Crippen LogP contribution is 2.33. The lowest BCUT2D eigenvalue weighted by atomic mass is 10.3. The zero-order valence-electron chi connectivity index (χ0n) is 8.57. The Hall–Kier alpha value is -1.46. The molecule has 0 bridgehead atoms. The van der Waals surface area contributed by atoms with Crippen LogP contribution in [0.15, 0.2) is 17.4 Å². The van der Waals surface area contributed by atoms with E-state index in [4.69, 9.17) is 16.9 Å². The van der Waals surface area contributed by atoms with E-state index in [0.29, 0.717) is 0 Å². The summed E-state index contributed by atoms with van der Waals surface area (Å²) in [5, 5.41) is 15.9. The number of fused-ring (bicyclic) bond motifs is 1. The summed E-state index contributed by atoms with van der Waals surface area (Å²) in [6, 6.07) is 2.65. The van der Waals surface area contributed by atoms with Gasteiger partial charge in [0.15, 0.2) is 10.8 Å². The topological polar surface area (TPSA) is 54.0 Å². The molecule has 0 amide bonds. The summed E-state index contributed by atoms with van der Waals surface area (Å²) in [6.45, 7) is 0. The van der Waals surface area contributed by atoms with Crippen LogP contribution in [0.2, 0.25) is 5.02 Å². The van der Waals surface area contributed by atoms with Crippen molar-refractivity contribution in [2.75, 3.05) is 5.75 Å². The number of rotatable bonds is 2. The number of hydrogen-bond acceptors (Lipinski definition) is 4. The minimum absolute atomic E-state index is 0.0641. The average molecular weight is 293 g/mol. The van der Waals surface area contributed by atoms with Crippen molar-refractivity contribution in [2.24, 2.45) is 0 Å². The lowest BCUT2D eigenvalue weighted by Crippen LogP contribution is -2.07. The van der Waals surface area contributed by atoms with Crippen molar-refractivity contribution in [2.45, 2.75) is 11.3 Å². The number of alkyl halides is 3. The molecule has 4 nitrogen and oxygen atoms in total. The third-order valence-electron chi connectivity index (χ3n) is 2.02. The van der Waals surface area contributed by atoms with Crippen LogP contribution in [0.25, 0.3) is 5.65 Å². The van der Waals surface area contributed by atoms with Crippen LogP contribution in [0.1, 0.15) is 5.56 Å². The molecule has 2 aromatic heterocycles. The third-order valence-corrected chi connectivity index (χ3v) is 3.11.